The van der Waals surface area contributed by atoms with E-state index in [0.29, 0.717) is 5.56 Å². The molecule has 3 rings (SSSR count). The van der Waals surface area contributed by atoms with Gasteiger partial charge >= 0.3 is 0 Å². The minimum atomic E-state index is -0.476. The fourth-order valence-corrected chi connectivity index (χ4v) is 2.90. The van der Waals surface area contributed by atoms with E-state index < -0.39 is 5.82 Å². The number of H-pyrrole nitrogens is 1. The number of methoxy groups -OCH3 is 1. The molecule has 0 fully saturated rings. The van der Waals surface area contributed by atoms with Gasteiger partial charge in [0.1, 0.15) is 5.82 Å². The highest BCUT2D eigenvalue weighted by molar-refractivity contribution is 5.79. The number of halogens is 1. The quantitative estimate of drug-likeness (QED) is 0.707. The van der Waals surface area contributed by atoms with Crippen LogP contribution in [0.25, 0.3) is 11.0 Å². The monoisotopic (exact) mass is 355 g/mol. The summed E-state index contributed by atoms with van der Waals surface area (Å²) in [4.78, 5) is 20.3. The Hall–Kier alpha value is -2.89. The van der Waals surface area contributed by atoms with Gasteiger partial charge in [-0.3, -0.25) is 4.79 Å². The third-order valence-electron chi connectivity index (χ3n) is 4.27. The number of nitrogens with zero attached hydrogens (tertiary/aromatic N) is 1. The summed E-state index contributed by atoms with van der Waals surface area (Å²) in [6, 6.07) is 12.0. The molecule has 0 saturated carbocycles. The molecule has 5 nitrogen and oxygen atoms in total. The van der Waals surface area contributed by atoms with Gasteiger partial charge in [0.25, 0.3) is 0 Å². The smallest absolute Gasteiger partial charge is 0.225 e. The number of aromatic nitrogens is 2. The molecule has 1 atom stereocenters. The number of carbonyl (C=O) groups is 1. The van der Waals surface area contributed by atoms with E-state index in [1.54, 1.807) is 6.07 Å². The molecule has 0 unspecified atom stereocenters. The van der Waals surface area contributed by atoms with Crippen molar-refractivity contribution in [2.24, 2.45) is 5.92 Å². The molecule has 0 saturated heterocycles. The van der Waals surface area contributed by atoms with Gasteiger partial charge in [-0.2, -0.15) is 0 Å². The zero-order chi connectivity index (χ0) is 18.7. The van der Waals surface area contributed by atoms with Gasteiger partial charge in [0.05, 0.1) is 30.6 Å². The molecule has 0 aliphatic rings. The molecule has 0 radical (unpaired) electrons. The number of fused-ring (bicyclic) bond motifs is 1. The number of ether oxygens (including phenoxy) is 1. The molecule has 6 heteroatoms. The van der Waals surface area contributed by atoms with Crippen molar-refractivity contribution in [1.82, 2.24) is 15.3 Å². The van der Waals surface area contributed by atoms with Crippen LogP contribution in [0.1, 0.15) is 31.3 Å². The molecule has 1 heterocycles. The van der Waals surface area contributed by atoms with Crippen LogP contribution in [-0.2, 0) is 11.2 Å². The van der Waals surface area contributed by atoms with Crippen molar-refractivity contribution in [3.05, 3.63) is 59.7 Å². The normalized spacial score (nSPS) is 12.3. The Balaban J connectivity index is 1.75. The standard InChI is InChI=1S/C20H22FN3O2/c1-12(2)19(20-22-15-6-4-5-7-16(15)23-20)24-18(25)11-13-8-9-17(26-3)14(21)10-13/h4-10,12,19H,11H2,1-3H3,(H,22,23)(H,24,25)/t19-/m1/s1. The molecule has 0 aliphatic carbocycles. The Morgan fingerprint density at radius 3 is 2.69 bits per heavy atom. The predicted octanol–water partition coefficient (Wildman–Crippen LogP) is 3.77. The first-order valence-corrected chi connectivity index (χ1v) is 8.54. The minimum absolute atomic E-state index is 0.0877. The van der Waals surface area contributed by atoms with E-state index in [9.17, 15) is 9.18 Å². The number of hydrogen-bond donors (Lipinski definition) is 2. The van der Waals surface area contributed by atoms with Crippen molar-refractivity contribution >= 4 is 16.9 Å². The zero-order valence-corrected chi connectivity index (χ0v) is 15.0. The molecule has 0 aliphatic heterocycles. The fraction of sp³-hybridized carbons (Fsp3) is 0.300. The summed E-state index contributed by atoms with van der Waals surface area (Å²) in [7, 11) is 1.41. The van der Waals surface area contributed by atoms with E-state index in [1.807, 2.05) is 38.1 Å². The van der Waals surface area contributed by atoms with Gasteiger partial charge in [0.2, 0.25) is 5.91 Å². The van der Waals surface area contributed by atoms with Crippen LogP contribution in [0.2, 0.25) is 0 Å². The Labute approximate surface area is 151 Å². The number of rotatable bonds is 6. The molecule has 0 bridgehead atoms. The van der Waals surface area contributed by atoms with Gasteiger partial charge in [-0.15, -0.1) is 0 Å². The fourth-order valence-electron chi connectivity index (χ4n) is 2.90. The SMILES string of the molecule is COc1ccc(CC(=O)N[C@@H](c2nc3ccccc3[nH]2)C(C)C)cc1F. The number of nitrogens with one attached hydrogen (secondary N) is 2. The van der Waals surface area contributed by atoms with Gasteiger partial charge in [0, 0.05) is 0 Å². The van der Waals surface area contributed by atoms with E-state index in [2.05, 4.69) is 15.3 Å². The maximum atomic E-state index is 13.8. The van der Waals surface area contributed by atoms with Crippen molar-refractivity contribution in [2.75, 3.05) is 7.11 Å². The van der Waals surface area contributed by atoms with Crippen molar-refractivity contribution in [3.8, 4) is 5.75 Å². The molecule has 2 aromatic carbocycles. The minimum Gasteiger partial charge on any atom is -0.494 e. The maximum Gasteiger partial charge on any atom is 0.225 e. The van der Waals surface area contributed by atoms with Crippen LogP contribution in [0.3, 0.4) is 0 Å². The molecule has 2 N–H and O–H groups in total. The van der Waals surface area contributed by atoms with Crippen molar-refractivity contribution < 1.29 is 13.9 Å². The average molecular weight is 355 g/mol. The molecule has 3 aromatic rings. The molecular formula is C20H22FN3O2. The molecule has 136 valence electrons. The molecule has 26 heavy (non-hydrogen) atoms. The topological polar surface area (TPSA) is 67.0 Å². The Bertz CT molecular complexity index is 887. The molecule has 0 spiro atoms. The number of benzene rings is 2. The average Bonchev–Trinajstić information content (AvgIpc) is 3.03. The molecule has 1 amide bonds. The summed E-state index contributed by atoms with van der Waals surface area (Å²) in [5, 5.41) is 3.00. The van der Waals surface area contributed by atoms with Gasteiger partial charge < -0.3 is 15.0 Å². The number of hydrogen-bond acceptors (Lipinski definition) is 3. The lowest BCUT2D eigenvalue weighted by atomic mass is 10.0. The summed E-state index contributed by atoms with van der Waals surface area (Å²) in [5.41, 5.74) is 2.38. The van der Waals surface area contributed by atoms with Crippen LogP contribution in [0, 0.1) is 11.7 Å². The third-order valence-corrected chi connectivity index (χ3v) is 4.27. The van der Waals surface area contributed by atoms with Crippen LogP contribution in [-0.4, -0.2) is 23.0 Å². The first-order valence-electron chi connectivity index (χ1n) is 8.54. The molecule has 1 aromatic heterocycles. The summed E-state index contributed by atoms with van der Waals surface area (Å²) in [5.74, 6) is 0.364. The van der Waals surface area contributed by atoms with E-state index in [0.717, 1.165) is 16.9 Å². The number of amides is 1. The highest BCUT2D eigenvalue weighted by Gasteiger charge is 2.22. The van der Waals surface area contributed by atoms with E-state index >= 15 is 0 Å². The second kappa shape index (κ2) is 7.56. The lowest BCUT2D eigenvalue weighted by Crippen LogP contribution is -2.33. The lowest BCUT2D eigenvalue weighted by Gasteiger charge is -2.20. The maximum absolute atomic E-state index is 13.8. The number of para-hydroxylation sites is 2. The first-order chi connectivity index (χ1) is 12.5. The predicted molar refractivity (Wildman–Crippen MR) is 98.5 cm³/mol. The Morgan fingerprint density at radius 2 is 2.04 bits per heavy atom. The summed E-state index contributed by atoms with van der Waals surface area (Å²) >= 11 is 0. The number of imidazole rings is 1. The third kappa shape index (κ3) is 3.85. The summed E-state index contributed by atoms with van der Waals surface area (Å²) < 4.78 is 18.7. The number of aromatic amines is 1. The number of carbonyl (C=O) groups excluding carboxylic acids is 1. The molecular weight excluding hydrogens is 333 g/mol. The van der Waals surface area contributed by atoms with E-state index in [-0.39, 0.29) is 30.0 Å². The van der Waals surface area contributed by atoms with Crippen molar-refractivity contribution in [1.29, 1.82) is 0 Å². The van der Waals surface area contributed by atoms with Crippen LogP contribution >= 0.6 is 0 Å². The van der Waals surface area contributed by atoms with E-state index in [1.165, 1.54) is 19.2 Å². The van der Waals surface area contributed by atoms with Gasteiger partial charge in [0.15, 0.2) is 11.6 Å². The van der Waals surface area contributed by atoms with Gasteiger partial charge in [-0.1, -0.05) is 32.0 Å². The second-order valence-corrected chi connectivity index (χ2v) is 6.57. The van der Waals surface area contributed by atoms with Gasteiger partial charge in [-0.05, 0) is 35.7 Å². The Kier molecular flexibility index (Phi) is 5.21. The van der Waals surface area contributed by atoms with E-state index in [4.69, 9.17) is 4.74 Å². The summed E-state index contributed by atoms with van der Waals surface area (Å²) in [6.45, 7) is 4.04. The highest BCUT2D eigenvalue weighted by Crippen LogP contribution is 2.23. The first kappa shape index (κ1) is 17.9. The summed E-state index contributed by atoms with van der Waals surface area (Å²) in [6.07, 6.45) is 0.0877. The van der Waals surface area contributed by atoms with Crippen LogP contribution < -0.4 is 10.1 Å². The Morgan fingerprint density at radius 1 is 1.27 bits per heavy atom. The highest BCUT2D eigenvalue weighted by atomic mass is 19.1. The van der Waals surface area contributed by atoms with Crippen LogP contribution in [0.5, 0.6) is 5.75 Å². The van der Waals surface area contributed by atoms with Gasteiger partial charge in [-0.25, -0.2) is 9.37 Å². The lowest BCUT2D eigenvalue weighted by molar-refractivity contribution is -0.121. The van der Waals surface area contributed by atoms with Crippen LogP contribution in [0.15, 0.2) is 42.5 Å². The van der Waals surface area contributed by atoms with Crippen molar-refractivity contribution in [3.63, 3.8) is 0 Å². The largest absolute Gasteiger partial charge is 0.494 e. The van der Waals surface area contributed by atoms with Crippen LogP contribution in [0.4, 0.5) is 4.39 Å². The second-order valence-electron chi connectivity index (χ2n) is 6.57. The van der Waals surface area contributed by atoms with Crippen molar-refractivity contribution in [2.45, 2.75) is 26.3 Å². The zero-order valence-electron chi connectivity index (χ0n) is 15.0.